The number of halogens is 1. The van der Waals surface area contributed by atoms with Crippen molar-refractivity contribution in [3.05, 3.63) is 41.2 Å². The molecule has 0 atom stereocenters. The van der Waals surface area contributed by atoms with Crippen LogP contribution in [0.5, 0.6) is 0 Å². The fraction of sp³-hybridized carbons (Fsp3) is 0.385. The van der Waals surface area contributed by atoms with Gasteiger partial charge in [-0.05, 0) is 46.9 Å². The number of aromatic nitrogens is 4. The van der Waals surface area contributed by atoms with E-state index in [1.807, 2.05) is 18.2 Å². The highest BCUT2D eigenvalue weighted by molar-refractivity contribution is 6.30. The number of benzene rings is 1. The summed E-state index contributed by atoms with van der Waals surface area (Å²) in [4.78, 5) is 11.8. The van der Waals surface area contributed by atoms with Crippen molar-refractivity contribution < 1.29 is 4.79 Å². The van der Waals surface area contributed by atoms with Crippen LogP contribution in [0.25, 0.3) is 0 Å². The molecular formula is C13H14ClN5O. The summed E-state index contributed by atoms with van der Waals surface area (Å²) >= 11 is 5.98. The van der Waals surface area contributed by atoms with Crippen LogP contribution >= 0.6 is 11.6 Å². The smallest absolute Gasteiger partial charge is 0.242 e. The number of hydrogen-bond donors (Lipinski definition) is 1. The second kappa shape index (κ2) is 5.58. The lowest BCUT2D eigenvalue weighted by Crippen LogP contribution is -2.44. The first-order chi connectivity index (χ1) is 9.70. The van der Waals surface area contributed by atoms with Crippen molar-refractivity contribution in [2.75, 3.05) is 0 Å². The third-order valence-electron chi connectivity index (χ3n) is 3.52. The molecule has 0 saturated heterocycles. The minimum absolute atomic E-state index is 0.0631. The van der Waals surface area contributed by atoms with Gasteiger partial charge in [0.15, 0.2) is 0 Å². The molecule has 0 spiro atoms. The van der Waals surface area contributed by atoms with Crippen LogP contribution in [-0.4, -0.2) is 32.2 Å². The Hall–Kier alpha value is -1.95. The molecular weight excluding hydrogens is 278 g/mol. The predicted molar refractivity (Wildman–Crippen MR) is 73.2 cm³/mol. The summed E-state index contributed by atoms with van der Waals surface area (Å²) in [6, 6.07) is 8.13. The van der Waals surface area contributed by atoms with Gasteiger partial charge in [0, 0.05) is 11.1 Å². The maximum Gasteiger partial charge on any atom is 0.242 e. The second-order valence-electron chi connectivity index (χ2n) is 5.00. The van der Waals surface area contributed by atoms with Gasteiger partial charge in [-0.3, -0.25) is 4.79 Å². The zero-order chi connectivity index (χ0) is 13.9. The minimum Gasteiger partial charge on any atom is -0.352 e. The Kier molecular flexibility index (Phi) is 3.64. The van der Waals surface area contributed by atoms with E-state index in [4.69, 9.17) is 11.6 Å². The average molecular weight is 292 g/mol. The number of hydrogen-bond acceptors (Lipinski definition) is 4. The maximum absolute atomic E-state index is 11.8. The Balaban J connectivity index is 1.47. The molecule has 2 aromatic rings. The molecule has 1 aliphatic carbocycles. The van der Waals surface area contributed by atoms with Crippen molar-refractivity contribution in [1.29, 1.82) is 0 Å². The van der Waals surface area contributed by atoms with E-state index >= 15 is 0 Å². The molecule has 1 aromatic carbocycles. The molecule has 1 aliphatic rings. The topological polar surface area (TPSA) is 72.7 Å². The largest absolute Gasteiger partial charge is 0.352 e. The summed E-state index contributed by atoms with van der Waals surface area (Å²) in [5.74, 6) is 0.416. The molecule has 0 radical (unpaired) electrons. The summed E-state index contributed by atoms with van der Waals surface area (Å²) in [6.07, 6.45) is 3.32. The Labute approximate surface area is 121 Å². The summed E-state index contributed by atoms with van der Waals surface area (Å²) in [7, 11) is 0. The maximum atomic E-state index is 11.8. The summed E-state index contributed by atoms with van der Waals surface area (Å²) < 4.78 is 1.41. The lowest BCUT2D eigenvalue weighted by Gasteiger charge is -2.36. The van der Waals surface area contributed by atoms with Crippen LogP contribution in [0.1, 0.15) is 24.3 Å². The van der Waals surface area contributed by atoms with Gasteiger partial charge in [-0.1, -0.05) is 23.7 Å². The van der Waals surface area contributed by atoms with Gasteiger partial charge in [0.25, 0.3) is 0 Å². The van der Waals surface area contributed by atoms with Crippen molar-refractivity contribution in [2.24, 2.45) is 0 Å². The van der Waals surface area contributed by atoms with Gasteiger partial charge in [-0.2, -0.15) is 0 Å². The highest BCUT2D eigenvalue weighted by Crippen LogP contribution is 2.37. The summed E-state index contributed by atoms with van der Waals surface area (Å²) in [5, 5.41) is 14.4. The zero-order valence-electron chi connectivity index (χ0n) is 10.7. The fourth-order valence-corrected chi connectivity index (χ4v) is 2.64. The van der Waals surface area contributed by atoms with Gasteiger partial charge in [0.2, 0.25) is 5.91 Å². The van der Waals surface area contributed by atoms with Crippen LogP contribution in [0.3, 0.4) is 0 Å². The number of carbonyl (C=O) groups is 1. The standard InChI is InChI=1S/C13H14ClN5O/c14-11-3-1-2-9(4-11)10-5-12(6-10)16-13(20)7-19-8-15-17-18-19/h1-4,8,10,12H,5-7H2,(H,16,20). The van der Waals surface area contributed by atoms with Crippen molar-refractivity contribution in [1.82, 2.24) is 25.5 Å². The number of amides is 1. The first-order valence-corrected chi connectivity index (χ1v) is 6.84. The third-order valence-corrected chi connectivity index (χ3v) is 3.76. The van der Waals surface area contributed by atoms with Gasteiger partial charge < -0.3 is 5.32 Å². The van der Waals surface area contributed by atoms with Crippen molar-refractivity contribution >= 4 is 17.5 Å². The van der Waals surface area contributed by atoms with Crippen molar-refractivity contribution in [2.45, 2.75) is 31.3 Å². The molecule has 20 heavy (non-hydrogen) atoms. The first-order valence-electron chi connectivity index (χ1n) is 6.46. The van der Waals surface area contributed by atoms with Crippen LogP contribution in [0.2, 0.25) is 5.02 Å². The lowest BCUT2D eigenvalue weighted by atomic mass is 9.76. The summed E-state index contributed by atoms with van der Waals surface area (Å²) in [6.45, 7) is 0.158. The molecule has 1 heterocycles. The van der Waals surface area contributed by atoms with E-state index in [-0.39, 0.29) is 18.5 Å². The number of carbonyl (C=O) groups excluding carboxylic acids is 1. The monoisotopic (exact) mass is 291 g/mol. The second-order valence-corrected chi connectivity index (χ2v) is 5.43. The highest BCUT2D eigenvalue weighted by atomic mass is 35.5. The van der Waals surface area contributed by atoms with Gasteiger partial charge in [-0.25, -0.2) is 4.68 Å². The van der Waals surface area contributed by atoms with Gasteiger partial charge in [-0.15, -0.1) is 5.10 Å². The lowest BCUT2D eigenvalue weighted by molar-refractivity contribution is -0.123. The van der Waals surface area contributed by atoms with E-state index < -0.39 is 0 Å². The predicted octanol–water partition coefficient (Wildman–Crippen LogP) is 1.39. The van der Waals surface area contributed by atoms with Crippen LogP contribution in [-0.2, 0) is 11.3 Å². The Morgan fingerprint density at radius 3 is 3.00 bits per heavy atom. The minimum atomic E-state index is -0.0631. The molecule has 0 unspecified atom stereocenters. The molecule has 6 nitrogen and oxygen atoms in total. The molecule has 1 amide bonds. The normalized spacial score (nSPS) is 21.2. The quantitative estimate of drug-likeness (QED) is 0.924. The van der Waals surface area contributed by atoms with E-state index in [2.05, 4.69) is 26.9 Å². The highest BCUT2D eigenvalue weighted by Gasteiger charge is 2.31. The average Bonchev–Trinajstić information content (AvgIpc) is 2.86. The Morgan fingerprint density at radius 1 is 1.45 bits per heavy atom. The van der Waals surface area contributed by atoms with Crippen LogP contribution in [0.15, 0.2) is 30.6 Å². The number of rotatable bonds is 4. The first kappa shape index (κ1) is 13.1. The molecule has 7 heteroatoms. The molecule has 1 saturated carbocycles. The van der Waals surface area contributed by atoms with Crippen LogP contribution < -0.4 is 5.32 Å². The van der Waals surface area contributed by atoms with E-state index in [0.29, 0.717) is 5.92 Å². The molecule has 1 aromatic heterocycles. The molecule has 1 N–H and O–H groups in total. The van der Waals surface area contributed by atoms with Gasteiger partial charge in [0.05, 0.1) is 0 Å². The van der Waals surface area contributed by atoms with Gasteiger partial charge in [0.1, 0.15) is 12.9 Å². The molecule has 104 valence electrons. The Bertz CT molecular complexity index is 595. The van der Waals surface area contributed by atoms with E-state index in [1.165, 1.54) is 16.6 Å². The molecule has 3 rings (SSSR count). The SMILES string of the molecule is O=C(Cn1cnnn1)NC1CC(c2cccc(Cl)c2)C1. The van der Waals surface area contributed by atoms with Crippen LogP contribution in [0, 0.1) is 0 Å². The van der Waals surface area contributed by atoms with Crippen molar-refractivity contribution in [3.8, 4) is 0 Å². The van der Waals surface area contributed by atoms with E-state index in [9.17, 15) is 4.79 Å². The zero-order valence-corrected chi connectivity index (χ0v) is 11.5. The van der Waals surface area contributed by atoms with E-state index in [0.717, 1.165) is 17.9 Å². The van der Waals surface area contributed by atoms with E-state index in [1.54, 1.807) is 0 Å². The van der Waals surface area contributed by atoms with Crippen LogP contribution in [0.4, 0.5) is 0 Å². The number of nitrogens with zero attached hydrogens (tertiary/aromatic N) is 4. The van der Waals surface area contributed by atoms with Gasteiger partial charge >= 0.3 is 0 Å². The summed E-state index contributed by atoms with van der Waals surface area (Å²) in [5.41, 5.74) is 1.24. The Morgan fingerprint density at radius 2 is 2.30 bits per heavy atom. The molecule has 0 bridgehead atoms. The fourth-order valence-electron chi connectivity index (χ4n) is 2.44. The molecule has 0 aliphatic heterocycles. The number of nitrogens with one attached hydrogen (secondary N) is 1. The number of tetrazole rings is 1. The molecule has 1 fully saturated rings. The van der Waals surface area contributed by atoms with Crippen molar-refractivity contribution in [3.63, 3.8) is 0 Å². The third kappa shape index (κ3) is 2.96.